The maximum atomic E-state index is 11.0. The number of nitrogens with zero attached hydrogens (tertiary/aromatic N) is 1. The summed E-state index contributed by atoms with van der Waals surface area (Å²) in [5.41, 5.74) is 0.569. The first kappa shape index (κ1) is 15.1. The first-order valence-corrected chi connectivity index (χ1v) is 7.18. The van der Waals surface area contributed by atoms with Crippen molar-refractivity contribution in [2.24, 2.45) is 0 Å². The SMILES string of the molecule is O=[N+]([O-])c1ccc(Cl)cc1Oc1cc(Br)ccc1CCl. The van der Waals surface area contributed by atoms with Crippen molar-refractivity contribution >= 4 is 44.8 Å². The fraction of sp³-hybridized carbons (Fsp3) is 0.0769. The molecule has 0 aromatic heterocycles. The lowest BCUT2D eigenvalue weighted by molar-refractivity contribution is -0.385. The Morgan fingerprint density at radius 3 is 2.60 bits per heavy atom. The highest BCUT2D eigenvalue weighted by Gasteiger charge is 2.17. The Labute approximate surface area is 133 Å². The zero-order valence-electron chi connectivity index (χ0n) is 9.98. The molecule has 0 saturated carbocycles. The maximum Gasteiger partial charge on any atom is 0.311 e. The Bertz CT molecular complexity index is 664. The van der Waals surface area contributed by atoms with Crippen LogP contribution in [0.25, 0.3) is 0 Å². The highest BCUT2D eigenvalue weighted by atomic mass is 79.9. The fourth-order valence-corrected chi connectivity index (χ4v) is 2.30. The number of halogens is 3. The van der Waals surface area contributed by atoms with Gasteiger partial charge in [0.25, 0.3) is 0 Å². The van der Waals surface area contributed by atoms with Gasteiger partial charge in [0, 0.05) is 27.2 Å². The van der Waals surface area contributed by atoms with Gasteiger partial charge in [-0.05, 0) is 18.2 Å². The second-order valence-corrected chi connectivity index (χ2v) is 5.48. The van der Waals surface area contributed by atoms with E-state index in [0.717, 1.165) is 10.0 Å². The molecule has 20 heavy (non-hydrogen) atoms. The lowest BCUT2D eigenvalue weighted by Crippen LogP contribution is -1.95. The minimum Gasteiger partial charge on any atom is -0.450 e. The summed E-state index contributed by atoms with van der Waals surface area (Å²) >= 11 is 15.0. The van der Waals surface area contributed by atoms with Crippen LogP contribution in [0.2, 0.25) is 5.02 Å². The third-order valence-electron chi connectivity index (χ3n) is 2.51. The van der Waals surface area contributed by atoms with Crippen molar-refractivity contribution in [1.29, 1.82) is 0 Å². The Balaban J connectivity index is 2.46. The molecule has 2 rings (SSSR count). The predicted molar refractivity (Wildman–Crippen MR) is 81.9 cm³/mol. The molecule has 0 atom stereocenters. The molecule has 0 amide bonds. The third-order valence-corrected chi connectivity index (χ3v) is 3.53. The van der Waals surface area contributed by atoms with Gasteiger partial charge in [-0.1, -0.05) is 33.6 Å². The van der Waals surface area contributed by atoms with Crippen LogP contribution in [0, 0.1) is 10.1 Å². The number of hydrogen-bond donors (Lipinski definition) is 0. The van der Waals surface area contributed by atoms with Crippen LogP contribution in [-0.4, -0.2) is 4.92 Å². The van der Waals surface area contributed by atoms with Gasteiger partial charge in [-0.2, -0.15) is 0 Å². The van der Waals surface area contributed by atoms with E-state index in [1.807, 2.05) is 6.07 Å². The van der Waals surface area contributed by atoms with Gasteiger partial charge in [-0.3, -0.25) is 10.1 Å². The summed E-state index contributed by atoms with van der Waals surface area (Å²) in [5.74, 6) is 0.753. The number of benzene rings is 2. The smallest absolute Gasteiger partial charge is 0.311 e. The van der Waals surface area contributed by atoms with Crippen molar-refractivity contribution in [1.82, 2.24) is 0 Å². The Kier molecular flexibility index (Phi) is 4.86. The summed E-state index contributed by atoms with van der Waals surface area (Å²) in [4.78, 5) is 10.5. The summed E-state index contributed by atoms with van der Waals surface area (Å²) in [5, 5.41) is 11.3. The number of rotatable bonds is 4. The van der Waals surface area contributed by atoms with Crippen LogP contribution >= 0.6 is 39.1 Å². The van der Waals surface area contributed by atoms with E-state index >= 15 is 0 Å². The average Bonchev–Trinajstić information content (AvgIpc) is 2.38. The van der Waals surface area contributed by atoms with Crippen LogP contribution in [-0.2, 0) is 5.88 Å². The van der Waals surface area contributed by atoms with Crippen molar-refractivity contribution in [3.8, 4) is 11.5 Å². The number of ether oxygens (including phenoxy) is 1. The Morgan fingerprint density at radius 1 is 1.20 bits per heavy atom. The van der Waals surface area contributed by atoms with Crippen molar-refractivity contribution in [3.05, 3.63) is 61.6 Å². The maximum absolute atomic E-state index is 11.0. The second-order valence-electron chi connectivity index (χ2n) is 3.86. The summed E-state index contributed by atoms with van der Waals surface area (Å²) < 4.78 is 6.40. The third kappa shape index (κ3) is 3.42. The topological polar surface area (TPSA) is 52.4 Å². The zero-order valence-corrected chi connectivity index (χ0v) is 13.1. The standard InChI is InChI=1S/C13H8BrCl2NO3/c14-9-2-1-8(7-15)12(5-9)20-13-6-10(16)3-4-11(13)17(18)19/h1-6H,7H2. The lowest BCUT2D eigenvalue weighted by Gasteiger charge is -2.10. The van der Waals surface area contributed by atoms with Crippen LogP contribution in [0.5, 0.6) is 11.5 Å². The minimum atomic E-state index is -0.524. The number of nitro benzene ring substituents is 1. The zero-order chi connectivity index (χ0) is 14.7. The van der Waals surface area contributed by atoms with Crippen LogP contribution in [0.1, 0.15) is 5.56 Å². The fourth-order valence-electron chi connectivity index (χ4n) is 1.57. The average molecular weight is 377 g/mol. The van der Waals surface area contributed by atoms with E-state index in [4.69, 9.17) is 27.9 Å². The molecule has 0 bridgehead atoms. The summed E-state index contributed by atoms with van der Waals surface area (Å²) in [6.07, 6.45) is 0. The van der Waals surface area contributed by atoms with Gasteiger partial charge in [0.1, 0.15) is 5.75 Å². The molecule has 0 N–H and O–H groups in total. The van der Waals surface area contributed by atoms with Crippen molar-refractivity contribution in [2.45, 2.75) is 5.88 Å². The molecule has 0 saturated heterocycles. The van der Waals surface area contributed by atoms with E-state index in [0.29, 0.717) is 10.8 Å². The van der Waals surface area contributed by atoms with E-state index in [2.05, 4.69) is 15.9 Å². The minimum absolute atomic E-state index is 0.0759. The molecule has 2 aromatic rings. The summed E-state index contributed by atoms with van der Waals surface area (Å²) in [6.45, 7) is 0. The Hall–Kier alpha value is -1.30. The molecule has 0 aliphatic rings. The molecular weight excluding hydrogens is 369 g/mol. The van der Waals surface area contributed by atoms with Crippen LogP contribution in [0.3, 0.4) is 0 Å². The quantitative estimate of drug-likeness (QED) is 0.399. The van der Waals surface area contributed by atoms with Gasteiger partial charge in [-0.25, -0.2) is 0 Å². The van der Waals surface area contributed by atoms with Crippen molar-refractivity contribution < 1.29 is 9.66 Å². The van der Waals surface area contributed by atoms with Crippen LogP contribution in [0.15, 0.2) is 40.9 Å². The largest absolute Gasteiger partial charge is 0.450 e. The number of hydrogen-bond acceptors (Lipinski definition) is 3. The van der Waals surface area contributed by atoms with Crippen molar-refractivity contribution in [3.63, 3.8) is 0 Å². The van der Waals surface area contributed by atoms with E-state index in [9.17, 15) is 10.1 Å². The van der Waals surface area contributed by atoms with Gasteiger partial charge in [-0.15, -0.1) is 11.6 Å². The van der Waals surface area contributed by atoms with Gasteiger partial charge in [0.2, 0.25) is 5.75 Å². The summed E-state index contributed by atoms with van der Waals surface area (Å²) in [6, 6.07) is 9.44. The number of alkyl halides is 1. The van der Waals surface area contributed by atoms with E-state index in [1.54, 1.807) is 12.1 Å². The first-order valence-electron chi connectivity index (χ1n) is 5.47. The molecule has 0 aliphatic carbocycles. The second kappa shape index (κ2) is 6.43. The lowest BCUT2D eigenvalue weighted by atomic mass is 10.2. The molecule has 0 heterocycles. The van der Waals surface area contributed by atoms with Gasteiger partial charge < -0.3 is 4.74 Å². The predicted octanol–water partition coefficient (Wildman–Crippen LogP) is 5.54. The summed E-state index contributed by atoms with van der Waals surface area (Å²) in [7, 11) is 0. The molecule has 104 valence electrons. The molecule has 7 heteroatoms. The molecule has 0 spiro atoms. The van der Waals surface area contributed by atoms with E-state index < -0.39 is 4.92 Å². The van der Waals surface area contributed by atoms with Crippen molar-refractivity contribution in [2.75, 3.05) is 0 Å². The van der Waals surface area contributed by atoms with Gasteiger partial charge >= 0.3 is 5.69 Å². The van der Waals surface area contributed by atoms with Gasteiger partial charge in [0.05, 0.1) is 10.8 Å². The van der Waals surface area contributed by atoms with Gasteiger partial charge in [0.15, 0.2) is 0 Å². The molecule has 4 nitrogen and oxygen atoms in total. The molecule has 2 aromatic carbocycles. The van der Waals surface area contributed by atoms with Crippen LogP contribution in [0.4, 0.5) is 5.69 Å². The molecule has 0 fully saturated rings. The van der Waals surface area contributed by atoms with Crippen LogP contribution < -0.4 is 4.74 Å². The Morgan fingerprint density at radius 2 is 1.95 bits per heavy atom. The van der Waals surface area contributed by atoms with E-state index in [-0.39, 0.29) is 17.3 Å². The molecule has 0 radical (unpaired) electrons. The highest BCUT2D eigenvalue weighted by Crippen LogP contribution is 2.36. The first-order chi connectivity index (χ1) is 9.51. The molecule has 0 unspecified atom stereocenters. The monoisotopic (exact) mass is 375 g/mol. The number of nitro groups is 1. The van der Waals surface area contributed by atoms with E-state index in [1.165, 1.54) is 18.2 Å². The highest BCUT2D eigenvalue weighted by molar-refractivity contribution is 9.10. The molecule has 0 aliphatic heterocycles. The molecular formula is C13H8BrCl2NO3. The normalized spacial score (nSPS) is 10.3.